The predicted octanol–water partition coefficient (Wildman–Crippen LogP) is 8.81. The second-order valence-electron chi connectivity index (χ2n) is 9.92. The van der Waals surface area contributed by atoms with Crippen LogP contribution in [-0.4, -0.2) is 9.55 Å². The van der Waals surface area contributed by atoms with Crippen molar-refractivity contribution in [3.05, 3.63) is 83.7 Å². The van der Waals surface area contributed by atoms with Gasteiger partial charge in [-0.3, -0.25) is 4.57 Å². The molecule has 0 saturated heterocycles. The number of nitrogens with zero attached hydrogens (tertiary/aromatic N) is 2. The average Bonchev–Trinajstić information content (AvgIpc) is 3.43. The van der Waals surface area contributed by atoms with E-state index < -0.39 is 0 Å². The molecule has 3 heteroatoms. The van der Waals surface area contributed by atoms with E-state index in [1.165, 1.54) is 27.5 Å². The zero-order valence-electron chi connectivity index (χ0n) is 20.4. The van der Waals surface area contributed by atoms with Crippen LogP contribution >= 0.6 is 0 Å². The number of hydrogen-bond donors (Lipinski definition) is 0. The van der Waals surface area contributed by atoms with E-state index >= 15 is 0 Å². The van der Waals surface area contributed by atoms with Crippen molar-refractivity contribution in [2.75, 3.05) is 0 Å². The van der Waals surface area contributed by atoms with Crippen molar-refractivity contribution in [2.45, 2.75) is 59.3 Å². The first-order valence-corrected chi connectivity index (χ1v) is 12.0. The number of aromatic nitrogens is 2. The molecule has 33 heavy (non-hydrogen) atoms. The molecule has 3 aromatic carbocycles. The van der Waals surface area contributed by atoms with Crippen LogP contribution < -0.4 is 0 Å². The molecule has 3 nitrogen and oxygen atoms in total. The molecule has 0 radical (unpaired) electrons. The smallest absolute Gasteiger partial charge is 0.144 e. The minimum atomic E-state index is 0.366. The van der Waals surface area contributed by atoms with Crippen LogP contribution in [0.15, 0.2) is 71.4 Å². The summed E-state index contributed by atoms with van der Waals surface area (Å²) in [5, 5.41) is 2.38. The van der Waals surface area contributed by atoms with Crippen molar-refractivity contribution in [3.63, 3.8) is 0 Å². The first kappa shape index (κ1) is 21.5. The van der Waals surface area contributed by atoms with E-state index in [-0.39, 0.29) is 0 Å². The quantitative estimate of drug-likeness (QED) is 0.275. The largest absolute Gasteiger partial charge is 0.455 e. The zero-order valence-corrected chi connectivity index (χ0v) is 20.4. The Morgan fingerprint density at radius 1 is 0.758 bits per heavy atom. The van der Waals surface area contributed by atoms with Crippen molar-refractivity contribution < 1.29 is 4.42 Å². The number of hydrogen-bond acceptors (Lipinski definition) is 2. The van der Waals surface area contributed by atoms with E-state index in [2.05, 4.69) is 101 Å². The van der Waals surface area contributed by atoms with E-state index in [9.17, 15) is 0 Å². The molecule has 0 bridgehead atoms. The van der Waals surface area contributed by atoms with Crippen molar-refractivity contribution in [1.82, 2.24) is 9.55 Å². The number of rotatable bonds is 5. The lowest BCUT2D eigenvalue weighted by atomic mass is 9.92. The highest BCUT2D eigenvalue weighted by molar-refractivity contribution is 6.11. The molecule has 0 fully saturated rings. The maximum atomic E-state index is 6.72. The minimum absolute atomic E-state index is 0.366. The molecule has 0 amide bonds. The molecule has 0 saturated carbocycles. The Morgan fingerprint density at radius 3 is 2.15 bits per heavy atom. The van der Waals surface area contributed by atoms with Gasteiger partial charge in [0, 0.05) is 23.3 Å². The van der Waals surface area contributed by atoms with Crippen LogP contribution in [0.5, 0.6) is 0 Å². The lowest BCUT2D eigenvalue weighted by molar-refractivity contribution is 0.645. The molecule has 0 atom stereocenters. The van der Waals surface area contributed by atoms with Crippen LogP contribution in [0.2, 0.25) is 0 Å². The molecule has 0 aliphatic carbocycles. The number of fused-ring (bicyclic) bond motifs is 3. The topological polar surface area (TPSA) is 31.0 Å². The molecular weight excluding hydrogens is 404 g/mol. The lowest BCUT2D eigenvalue weighted by Crippen LogP contribution is -1.99. The highest BCUT2D eigenvalue weighted by Crippen LogP contribution is 2.42. The van der Waals surface area contributed by atoms with Crippen molar-refractivity contribution in [1.29, 1.82) is 0 Å². The second-order valence-corrected chi connectivity index (χ2v) is 9.92. The molecule has 0 aliphatic rings. The summed E-state index contributed by atoms with van der Waals surface area (Å²) in [6.45, 7) is 13.5. The third kappa shape index (κ3) is 3.56. The van der Waals surface area contributed by atoms with Crippen molar-refractivity contribution >= 4 is 21.9 Å². The second kappa shape index (κ2) is 8.22. The highest BCUT2D eigenvalue weighted by atomic mass is 16.3. The number of furan rings is 1. The first-order valence-electron chi connectivity index (χ1n) is 12.0. The standard InChI is InChI=1S/C30H32N2O/c1-18(2)22-16-24(20(5)6)28-25(17-22)27-26(13-12-23(19(3)4)29(27)33-28)32-15-14-31-30(32)21-10-8-7-9-11-21/h7-20H,1-6H3. The first-order chi connectivity index (χ1) is 15.9. The van der Waals surface area contributed by atoms with Crippen LogP contribution in [0.3, 0.4) is 0 Å². The van der Waals surface area contributed by atoms with Crippen LogP contribution in [-0.2, 0) is 0 Å². The van der Waals surface area contributed by atoms with Gasteiger partial charge in [0.2, 0.25) is 0 Å². The third-order valence-electron chi connectivity index (χ3n) is 6.62. The summed E-state index contributed by atoms with van der Waals surface area (Å²) in [6.07, 6.45) is 3.94. The maximum absolute atomic E-state index is 6.72. The van der Waals surface area contributed by atoms with Crippen LogP contribution in [0.4, 0.5) is 0 Å². The molecule has 168 valence electrons. The van der Waals surface area contributed by atoms with Crippen LogP contribution in [0.25, 0.3) is 39.0 Å². The molecule has 2 aromatic heterocycles. The molecule has 0 spiro atoms. The summed E-state index contributed by atoms with van der Waals surface area (Å²) in [5.74, 6) is 2.13. The summed E-state index contributed by atoms with van der Waals surface area (Å²) >= 11 is 0. The Hall–Kier alpha value is -3.33. The van der Waals surface area contributed by atoms with Crippen LogP contribution in [0, 0.1) is 0 Å². The number of imidazole rings is 1. The Bertz CT molecular complexity index is 1440. The Kier molecular flexibility index (Phi) is 5.36. The predicted molar refractivity (Wildman–Crippen MR) is 139 cm³/mol. The third-order valence-corrected chi connectivity index (χ3v) is 6.62. The molecule has 2 heterocycles. The van der Waals surface area contributed by atoms with E-state index in [1.807, 2.05) is 12.3 Å². The number of benzene rings is 3. The monoisotopic (exact) mass is 436 g/mol. The van der Waals surface area contributed by atoms with Gasteiger partial charge in [-0.25, -0.2) is 4.98 Å². The maximum Gasteiger partial charge on any atom is 0.144 e. The molecular formula is C30H32N2O. The fourth-order valence-corrected chi connectivity index (χ4v) is 4.75. The Balaban J connectivity index is 1.91. The molecule has 5 rings (SSSR count). The fraction of sp³-hybridized carbons (Fsp3) is 0.300. The van der Waals surface area contributed by atoms with Gasteiger partial charge in [0.1, 0.15) is 17.0 Å². The summed E-state index contributed by atoms with van der Waals surface area (Å²) < 4.78 is 8.92. The summed E-state index contributed by atoms with van der Waals surface area (Å²) in [6, 6.07) is 19.5. The SMILES string of the molecule is CC(C)c1cc(C(C)C)c2oc3c(C(C)C)ccc(-n4ccnc4-c4ccccc4)c3c2c1. The van der Waals surface area contributed by atoms with E-state index in [0.29, 0.717) is 17.8 Å². The van der Waals surface area contributed by atoms with Gasteiger partial charge < -0.3 is 4.42 Å². The highest BCUT2D eigenvalue weighted by Gasteiger charge is 2.22. The summed E-state index contributed by atoms with van der Waals surface area (Å²) in [4.78, 5) is 4.72. The van der Waals surface area contributed by atoms with E-state index in [0.717, 1.165) is 28.2 Å². The minimum Gasteiger partial charge on any atom is -0.455 e. The zero-order chi connectivity index (χ0) is 23.3. The average molecular weight is 437 g/mol. The summed E-state index contributed by atoms with van der Waals surface area (Å²) in [5.41, 5.74) is 8.09. The van der Waals surface area contributed by atoms with Crippen molar-refractivity contribution in [3.8, 4) is 17.1 Å². The summed E-state index contributed by atoms with van der Waals surface area (Å²) in [7, 11) is 0. The van der Waals surface area contributed by atoms with Gasteiger partial charge >= 0.3 is 0 Å². The van der Waals surface area contributed by atoms with Gasteiger partial charge in [0.25, 0.3) is 0 Å². The van der Waals surface area contributed by atoms with Gasteiger partial charge in [-0.1, -0.05) is 84.0 Å². The molecule has 0 N–H and O–H groups in total. The lowest BCUT2D eigenvalue weighted by Gasteiger charge is -2.14. The van der Waals surface area contributed by atoms with Gasteiger partial charge in [-0.2, -0.15) is 0 Å². The molecule has 0 aliphatic heterocycles. The van der Waals surface area contributed by atoms with Gasteiger partial charge in [-0.05, 0) is 46.6 Å². The fourth-order valence-electron chi connectivity index (χ4n) is 4.75. The van der Waals surface area contributed by atoms with Gasteiger partial charge in [0.15, 0.2) is 0 Å². The van der Waals surface area contributed by atoms with Crippen molar-refractivity contribution in [2.24, 2.45) is 0 Å². The molecule has 5 aromatic rings. The normalized spacial score (nSPS) is 12.2. The Morgan fingerprint density at radius 2 is 1.48 bits per heavy atom. The molecule has 0 unspecified atom stereocenters. The van der Waals surface area contributed by atoms with Gasteiger partial charge in [-0.15, -0.1) is 0 Å². The van der Waals surface area contributed by atoms with Gasteiger partial charge in [0.05, 0.1) is 11.1 Å². The van der Waals surface area contributed by atoms with E-state index in [1.54, 1.807) is 0 Å². The van der Waals surface area contributed by atoms with E-state index in [4.69, 9.17) is 9.40 Å². The Labute approximate surface area is 196 Å². The van der Waals surface area contributed by atoms with Crippen LogP contribution in [0.1, 0.15) is 76.0 Å².